The number of carbonyl (C=O) groups is 1. The summed E-state index contributed by atoms with van der Waals surface area (Å²) in [6.45, 7) is 3.86. The zero-order valence-corrected chi connectivity index (χ0v) is 5.09. The second-order valence-corrected chi connectivity index (χ2v) is 1.89. The highest BCUT2D eigenvalue weighted by Gasteiger charge is 2.23. The van der Waals surface area contributed by atoms with Crippen LogP contribution >= 0.6 is 0 Å². The van der Waals surface area contributed by atoms with E-state index in [0.29, 0.717) is 13.2 Å². The van der Waals surface area contributed by atoms with Gasteiger partial charge in [0.15, 0.2) is 0 Å². The summed E-state index contributed by atoms with van der Waals surface area (Å²) in [6, 6.07) is -0.150. The first-order chi connectivity index (χ1) is 4.34. The van der Waals surface area contributed by atoms with Crippen molar-refractivity contribution in [2.75, 3.05) is 6.73 Å². The van der Waals surface area contributed by atoms with Crippen molar-refractivity contribution < 1.29 is 9.53 Å². The summed E-state index contributed by atoms with van der Waals surface area (Å²) in [5.74, 6) is -0.171. The van der Waals surface area contributed by atoms with Crippen LogP contribution in [0.4, 0.5) is 0 Å². The molecule has 0 aromatic rings. The van der Waals surface area contributed by atoms with E-state index in [4.69, 9.17) is 0 Å². The molecule has 1 N–H and O–H groups in total. The van der Waals surface area contributed by atoms with E-state index >= 15 is 0 Å². The van der Waals surface area contributed by atoms with Crippen molar-refractivity contribution in [2.24, 2.45) is 0 Å². The van der Waals surface area contributed by atoms with Gasteiger partial charge in [0.25, 0.3) is 0 Å². The fraction of sp³-hybridized carbons (Fsp3) is 0.500. The molecule has 1 aliphatic heterocycles. The van der Waals surface area contributed by atoms with Crippen molar-refractivity contribution in [3.8, 4) is 0 Å². The topological polar surface area (TPSA) is 38.3 Å². The van der Waals surface area contributed by atoms with Crippen LogP contribution < -0.4 is 5.32 Å². The average Bonchev–Trinajstić information content (AvgIpc) is 2.18. The van der Waals surface area contributed by atoms with Crippen LogP contribution in [0, 0.1) is 0 Å². The summed E-state index contributed by atoms with van der Waals surface area (Å²) in [4.78, 5) is 10.6. The molecule has 1 fully saturated rings. The summed E-state index contributed by atoms with van der Waals surface area (Å²) < 4.78 is 4.62. The van der Waals surface area contributed by atoms with Crippen molar-refractivity contribution in [2.45, 2.75) is 12.5 Å². The number of ether oxygens (including phenoxy) is 1. The maximum Gasteiger partial charge on any atom is 0.324 e. The predicted octanol–water partition coefficient (Wildman–Crippen LogP) is 0.0350. The van der Waals surface area contributed by atoms with E-state index in [9.17, 15) is 4.79 Å². The Balaban J connectivity index is 2.39. The lowest BCUT2D eigenvalue weighted by Crippen LogP contribution is -2.25. The molecule has 50 valence electrons. The third-order valence-electron chi connectivity index (χ3n) is 1.23. The van der Waals surface area contributed by atoms with Gasteiger partial charge in [0.1, 0.15) is 12.8 Å². The molecule has 0 amide bonds. The molecule has 1 rings (SSSR count). The molecule has 0 aromatic heterocycles. The standard InChI is InChI=1S/C6H9NO2/c1-2-3-5-6(8)9-4-7-5/h2,5,7H,1,3-4H2. The maximum atomic E-state index is 10.6. The third-order valence-corrected chi connectivity index (χ3v) is 1.23. The summed E-state index contributed by atoms with van der Waals surface area (Å²) in [5.41, 5.74) is 0. The van der Waals surface area contributed by atoms with Crippen LogP contribution in [0.15, 0.2) is 12.7 Å². The molecule has 0 bridgehead atoms. The van der Waals surface area contributed by atoms with Gasteiger partial charge in [-0.1, -0.05) is 6.08 Å². The Morgan fingerprint density at radius 3 is 3.22 bits per heavy atom. The zero-order chi connectivity index (χ0) is 6.69. The molecule has 1 aliphatic rings. The number of nitrogens with one attached hydrogen (secondary N) is 1. The van der Waals surface area contributed by atoms with Crippen molar-refractivity contribution in [1.82, 2.24) is 5.32 Å². The molecule has 0 spiro atoms. The van der Waals surface area contributed by atoms with Gasteiger partial charge in [0, 0.05) is 0 Å². The van der Waals surface area contributed by atoms with Gasteiger partial charge in [-0.3, -0.25) is 10.1 Å². The number of hydrogen-bond acceptors (Lipinski definition) is 3. The first-order valence-electron chi connectivity index (χ1n) is 2.85. The summed E-state index contributed by atoms with van der Waals surface area (Å²) in [5, 5.41) is 2.86. The van der Waals surface area contributed by atoms with Gasteiger partial charge < -0.3 is 4.74 Å². The van der Waals surface area contributed by atoms with E-state index in [-0.39, 0.29) is 12.0 Å². The van der Waals surface area contributed by atoms with Crippen molar-refractivity contribution in [1.29, 1.82) is 0 Å². The Morgan fingerprint density at radius 2 is 2.78 bits per heavy atom. The highest BCUT2D eigenvalue weighted by atomic mass is 16.6. The van der Waals surface area contributed by atoms with Gasteiger partial charge in [0.2, 0.25) is 0 Å². The summed E-state index contributed by atoms with van der Waals surface area (Å²) in [6.07, 6.45) is 2.35. The van der Waals surface area contributed by atoms with Crippen molar-refractivity contribution in [3.05, 3.63) is 12.7 Å². The Morgan fingerprint density at radius 1 is 2.00 bits per heavy atom. The average molecular weight is 127 g/mol. The molecule has 1 heterocycles. The fourth-order valence-corrected chi connectivity index (χ4v) is 0.744. The van der Waals surface area contributed by atoms with Crippen molar-refractivity contribution in [3.63, 3.8) is 0 Å². The molecule has 3 nitrogen and oxygen atoms in total. The third kappa shape index (κ3) is 1.29. The Bertz CT molecular complexity index is 133. The van der Waals surface area contributed by atoms with Crippen LogP contribution in [0.25, 0.3) is 0 Å². The molecule has 1 unspecified atom stereocenters. The lowest BCUT2D eigenvalue weighted by molar-refractivity contribution is -0.139. The van der Waals surface area contributed by atoms with Crippen LogP contribution in [-0.4, -0.2) is 18.7 Å². The smallest absolute Gasteiger partial charge is 0.324 e. The predicted molar refractivity (Wildman–Crippen MR) is 32.7 cm³/mol. The number of esters is 1. The van der Waals surface area contributed by atoms with Crippen molar-refractivity contribution >= 4 is 5.97 Å². The second kappa shape index (κ2) is 2.64. The zero-order valence-electron chi connectivity index (χ0n) is 5.09. The SMILES string of the molecule is C=CCC1NCOC1=O. The molecular formula is C6H9NO2. The van der Waals surface area contributed by atoms with E-state index in [1.165, 1.54) is 0 Å². The lowest BCUT2D eigenvalue weighted by Gasteiger charge is -1.97. The first-order valence-corrected chi connectivity index (χ1v) is 2.85. The lowest BCUT2D eigenvalue weighted by atomic mass is 10.2. The fourth-order valence-electron chi connectivity index (χ4n) is 0.744. The highest BCUT2D eigenvalue weighted by Crippen LogP contribution is 2.01. The van der Waals surface area contributed by atoms with E-state index in [0.717, 1.165) is 0 Å². The Kier molecular flexibility index (Phi) is 1.85. The number of rotatable bonds is 2. The minimum Gasteiger partial charge on any atom is -0.449 e. The minimum atomic E-state index is -0.171. The molecule has 9 heavy (non-hydrogen) atoms. The minimum absolute atomic E-state index is 0.150. The van der Waals surface area contributed by atoms with Gasteiger partial charge in [-0.15, -0.1) is 6.58 Å². The largest absolute Gasteiger partial charge is 0.449 e. The molecule has 1 saturated heterocycles. The monoisotopic (exact) mass is 127 g/mol. The van der Waals surface area contributed by atoms with Crippen LogP contribution in [-0.2, 0) is 9.53 Å². The van der Waals surface area contributed by atoms with Crippen LogP contribution in [0.2, 0.25) is 0 Å². The number of carbonyl (C=O) groups excluding carboxylic acids is 1. The summed E-state index contributed by atoms with van der Waals surface area (Å²) >= 11 is 0. The molecule has 0 saturated carbocycles. The normalized spacial score (nSPS) is 25.8. The van der Waals surface area contributed by atoms with E-state index in [1.54, 1.807) is 6.08 Å². The van der Waals surface area contributed by atoms with Gasteiger partial charge in [-0.2, -0.15) is 0 Å². The van der Waals surface area contributed by atoms with Gasteiger partial charge in [0.05, 0.1) is 0 Å². The number of hydrogen-bond donors (Lipinski definition) is 1. The van der Waals surface area contributed by atoms with E-state index < -0.39 is 0 Å². The molecule has 0 aliphatic carbocycles. The molecule has 0 aromatic carbocycles. The molecule has 0 radical (unpaired) electrons. The Labute approximate surface area is 53.7 Å². The first kappa shape index (κ1) is 6.29. The van der Waals surface area contributed by atoms with Gasteiger partial charge in [-0.05, 0) is 6.42 Å². The molecule has 1 atom stereocenters. The quantitative estimate of drug-likeness (QED) is 0.420. The van der Waals surface area contributed by atoms with Crippen LogP contribution in [0.3, 0.4) is 0 Å². The van der Waals surface area contributed by atoms with Gasteiger partial charge >= 0.3 is 5.97 Å². The van der Waals surface area contributed by atoms with E-state index in [2.05, 4.69) is 16.6 Å². The number of cyclic esters (lactones) is 1. The maximum absolute atomic E-state index is 10.6. The van der Waals surface area contributed by atoms with Crippen LogP contribution in [0.5, 0.6) is 0 Å². The molecule has 3 heteroatoms. The highest BCUT2D eigenvalue weighted by molar-refractivity contribution is 5.77. The molecular weight excluding hydrogens is 118 g/mol. The Hall–Kier alpha value is -0.830. The second-order valence-electron chi connectivity index (χ2n) is 1.89. The van der Waals surface area contributed by atoms with Gasteiger partial charge in [-0.25, -0.2) is 0 Å². The van der Waals surface area contributed by atoms with E-state index in [1.807, 2.05) is 0 Å². The van der Waals surface area contributed by atoms with Crippen LogP contribution in [0.1, 0.15) is 6.42 Å². The summed E-state index contributed by atoms with van der Waals surface area (Å²) in [7, 11) is 0.